The van der Waals surface area contributed by atoms with Gasteiger partial charge in [0.15, 0.2) is 0 Å². The molecule has 1 aliphatic rings. The van der Waals surface area contributed by atoms with E-state index in [-0.39, 0.29) is 0 Å². The zero-order chi connectivity index (χ0) is 13.7. The van der Waals surface area contributed by atoms with Gasteiger partial charge in [-0.3, -0.25) is 0 Å². The smallest absolute Gasteiger partial charge is 0.125 e. The first-order valence-corrected chi connectivity index (χ1v) is 7.47. The van der Waals surface area contributed by atoms with E-state index in [1.54, 1.807) is 0 Å². The van der Waals surface area contributed by atoms with Crippen molar-refractivity contribution in [1.82, 2.24) is 4.98 Å². The molecule has 1 saturated carbocycles. The fourth-order valence-electron chi connectivity index (χ4n) is 3.02. The van der Waals surface area contributed by atoms with Crippen LogP contribution in [0.15, 0.2) is 18.3 Å². The Morgan fingerprint density at radius 2 is 1.95 bits per heavy atom. The molecule has 0 radical (unpaired) electrons. The Morgan fingerprint density at radius 1 is 1.21 bits per heavy atom. The third-order valence-corrected chi connectivity index (χ3v) is 3.80. The van der Waals surface area contributed by atoms with Gasteiger partial charge in [0.05, 0.1) is 12.7 Å². The minimum atomic E-state index is 0.423. The molecule has 1 N–H and O–H groups in total. The zero-order valence-electron chi connectivity index (χ0n) is 12.4. The predicted molar refractivity (Wildman–Crippen MR) is 79.2 cm³/mol. The average molecular weight is 262 g/mol. The van der Waals surface area contributed by atoms with Gasteiger partial charge in [0.2, 0.25) is 0 Å². The number of hydrogen-bond donors (Lipinski definition) is 1. The van der Waals surface area contributed by atoms with Crippen LogP contribution in [0.3, 0.4) is 0 Å². The molecule has 106 valence electrons. The third-order valence-electron chi connectivity index (χ3n) is 3.80. The van der Waals surface area contributed by atoms with Gasteiger partial charge in [0, 0.05) is 12.7 Å². The molecule has 0 amide bonds. The van der Waals surface area contributed by atoms with Crippen molar-refractivity contribution in [3.63, 3.8) is 0 Å². The average Bonchev–Trinajstić information content (AvgIpc) is 2.37. The fraction of sp³-hybridized carbons (Fsp3) is 0.688. The molecule has 1 aliphatic carbocycles. The number of nitrogens with zero attached hydrogens (tertiary/aromatic N) is 1. The fourth-order valence-corrected chi connectivity index (χ4v) is 3.02. The summed E-state index contributed by atoms with van der Waals surface area (Å²) in [5, 5.41) is 3.20. The molecule has 2 unspecified atom stereocenters. The molecule has 3 nitrogen and oxygen atoms in total. The topological polar surface area (TPSA) is 34.1 Å². The summed E-state index contributed by atoms with van der Waals surface area (Å²) in [7, 11) is 0. The normalized spacial score (nSPS) is 27.2. The lowest BCUT2D eigenvalue weighted by Gasteiger charge is -2.31. The van der Waals surface area contributed by atoms with Crippen molar-refractivity contribution in [3.8, 4) is 0 Å². The first kappa shape index (κ1) is 14.3. The second kappa shape index (κ2) is 6.90. The van der Waals surface area contributed by atoms with E-state index < -0.39 is 0 Å². The van der Waals surface area contributed by atoms with E-state index in [9.17, 15) is 0 Å². The van der Waals surface area contributed by atoms with Gasteiger partial charge in [0.25, 0.3) is 0 Å². The SMILES string of the molecule is CCNc1ccc(COC2CC(C)CC(C)C2)cn1. The predicted octanol–water partition coefficient (Wildman–Crippen LogP) is 3.85. The van der Waals surface area contributed by atoms with Gasteiger partial charge in [-0.05, 0) is 49.7 Å². The van der Waals surface area contributed by atoms with Gasteiger partial charge >= 0.3 is 0 Å². The lowest BCUT2D eigenvalue weighted by atomic mass is 9.82. The minimum absolute atomic E-state index is 0.423. The van der Waals surface area contributed by atoms with Crippen molar-refractivity contribution in [2.24, 2.45) is 11.8 Å². The Balaban J connectivity index is 1.81. The highest BCUT2D eigenvalue weighted by Gasteiger charge is 2.24. The van der Waals surface area contributed by atoms with Gasteiger partial charge in [-0.2, -0.15) is 0 Å². The van der Waals surface area contributed by atoms with Crippen molar-refractivity contribution in [2.75, 3.05) is 11.9 Å². The zero-order valence-corrected chi connectivity index (χ0v) is 12.4. The molecule has 0 spiro atoms. The van der Waals surface area contributed by atoms with Gasteiger partial charge in [-0.25, -0.2) is 4.98 Å². The van der Waals surface area contributed by atoms with Gasteiger partial charge < -0.3 is 10.1 Å². The molecule has 1 aromatic heterocycles. The van der Waals surface area contributed by atoms with Crippen LogP contribution in [0.25, 0.3) is 0 Å². The van der Waals surface area contributed by atoms with Crippen molar-refractivity contribution in [1.29, 1.82) is 0 Å². The maximum Gasteiger partial charge on any atom is 0.125 e. The summed E-state index contributed by atoms with van der Waals surface area (Å²) in [6.07, 6.45) is 6.08. The largest absolute Gasteiger partial charge is 0.373 e. The first-order chi connectivity index (χ1) is 9.17. The molecule has 1 heterocycles. The van der Waals surface area contributed by atoms with Gasteiger partial charge in [0.1, 0.15) is 5.82 Å². The molecule has 1 fully saturated rings. The van der Waals surface area contributed by atoms with Crippen LogP contribution in [0, 0.1) is 11.8 Å². The number of aromatic nitrogens is 1. The molecular formula is C16H26N2O. The summed E-state index contributed by atoms with van der Waals surface area (Å²) in [6, 6.07) is 4.12. The molecular weight excluding hydrogens is 236 g/mol. The molecule has 2 rings (SSSR count). The van der Waals surface area contributed by atoms with E-state index in [0.29, 0.717) is 12.7 Å². The van der Waals surface area contributed by atoms with E-state index in [4.69, 9.17) is 4.74 Å². The minimum Gasteiger partial charge on any atom is -0.373 e. The summed E-state index contributed by atoms with van der Waals surface area (Å²) in [5.74, 6) is 2.53. The van der Waals surface area contributed by atoms with Crippen LogP contribution in [0.5, 0.6) is 0 Å². The molecule has 1 aromatic rings. The van der Waals surface area contributed by atoms with Crippen LogP contribution in [-0.2, 0) is 11.3 Å². The van der Waals surface area contributed by atoms with Gasteiger partial charge in [-0.1, -0.05) is 19.9 Å². The first-order valence-electron chi connectivity index (χ1n) is 7.47. The Labute approximate surface area is 116 Å². The molecule has 0 bridgehead atoms. The summed E-state index contributed by atoms with van der Waals surface area (Å²) < 4.78 is 6.05. The van der Waals surface area contributed by atoms with E-state index >= 15 is 0 Å². The van der Waals surface area contributed by atoms with Crippen LogP contribution < -0.4 is 5.32 Å². The van der Waals surface area contributed by atoms with Crippen LogP contribution in [-0.4, -0.2) is 17.6 Å². The van der Waals surface area contributed by atoms with Crippen molar-refractivity contribution >= 4 is 5.82 Å². The Morgan fingerprint density at radius 3 is 2.53 bits per heavy atom. The number of rotatable bonds is 5. The van der Waals surface area contributed by atoms with Crippen LogP contribution in [0.2, 0.25) is 0 Å². The maximum absolute atomic E-state index is 6.05. The number of ether oxygens (including phenoxy) is 1. The van der Waals surface area contributed by atoms with Gasteiger partial charge in [-0.15, -0.1) is 0 Å². The third kappa shape index (κ3) is 4.50. The summed E-state index contributed by atoms with van der Waals surface area (Å²) >= 11 is 0. The van der Waals surface area contributed by atoms with E-state index in [0.717, 1.165) is 29.8 Å². The van der Waals surface area contributed by atoms with Crippen molar-refractivity contribution < 1.29 is 4.74 Å². The number of hydrogen-bond acceptors (Lipinski definition) is 3. The molecule has 0 aliphatic heterocycles. The van der Waals surface area contributed by atoms with E-state index in [2.05, 4.69) is 37.1 Å². The lowest BCUT2D eigenvalue weighted by Crippen LogP contribution is -2.26. The second-order valence-corrected chi connectivity index (χ2v) is 5.93. The summed E-state index contributed by atoms with van der Waals surface area (Å²) in [5.41, 5.74) is 1.16. The van der Waals surface area contributed by atoms with Crippen LogP contribution in [0.4, 0.5) is 5.82 Å². The van der Waals surface area contributed by atoms with Crippen LogP contribution >= 0.6 is 0 Å². The Hall–Kier alpha value is -1.09. The number of pyridine rings is 1. The van der Waals surface area contributed by atoms with Crippen molar-refractivity contribution in [3.05, 3.63) is 23.9 Å². The summed E-state index contributed by atoms with van der Waals surface area (Å²) in [4.78, 5) is 4.37. The molecule has 0 saturated heterocycles. The maximum atomic E-state index is 6.05. The highest BCUT2D eigenvalue weighted by Crippen LogP contribution is 2.30. The molecule has 19 heavy (non-hydrogen) atoms. The summed E-state index contributed by atoms with van der Waals surface area (Å²) in [6.45, 7) is 8.33. The Kier molecular flexibility index (Phi) is 5.20. The molecule has 3 heteroatoms. The molecule has 0 aromatic carbocycles. The van der Waals surface area contributed by atoms with Crippen molar-refractivity contribution in [2.45, 2.75) is 52.7 Å². The number of anilines is 1. The number of nitrogens with one attached hydrogen (secondary N) is 1. The second-order valence-electron chi connectivity index (χ2n) is 5.93. The monoisotopic (exact) mass is 262 g/mol. The van der Waals surface area contributed by atoms with Crippen LogP contribution in [0.1, 0.15) is 45.6 Å². The highest BCUT2D eigenvalue weighted by atomic mass is 16.5. The quantitative estimate of drug-likeness (QED) is 0.875. The van der Waals surface area contributed by atoms with E-state index in [1.807, 2.05) is 12.3 Å². The lowest BCUT2D eigenvalue weighted by molar-refractivity contribution is -0.00924. The standard InChI is InChI=1S/C16H26N2O/c1-4-17-16-6-5-14(10-18-16)11-19-15-8-12(2)7-13(3)9-15/h5-6,10,12-13,15H,4,7-9,11H2,1-3H3,(H,17,18). The van der Waals surface area contributed by atoms with E-state index in [1.165, 1.54) is 19.3 Å². The molecule has 2 atom stereocenters. The highest BCUT2D eigenvalue weighted by molar-refractivity contribution is 5.34. The Bertz CT molecular complexity index is 367.